The average Bonchev–Trinajstić information content (AvgIpc) is 3.28. The van der Waals surface area contributed by atoms with E-state index in [1.807, 2.05) is 91.0 Å². The molecular weight excluding hydrogens is 559 g/mol. The lowest BCUT2D eigenvalue weighted by Crippen LogP contribution is -2.28. The summed E-state index contributed by atoms with van der Waals surface area (Å²) in [6.07, 6.45) is 1.91. The molecule has 1 fully saturated rings. The summed E-state index contributed by atoms with van der Waals surface area (Å²) in [6.45, 7) is 0.413. The van der Waals surface area contributed by atoms with E-state index in [1.54, 1.807) is 29.2 Å². The van der Waals surface area contributed by atoms with Crippen LogP contribution < -0.4 is 9.64 Å². The van der Waals surface area contributed by atoms with Crippen molar-refractivity contribution in [3.8, 4) is 5.75 Å². The number of hydrogen-bond donors (Lipinski definition) is 0. The van der Waals surface area contributed by atoms with E-state index in [4.69, 9.17) is 32.9 Å². The topological polar surface area (TPSA) is 41.9 Å². The third-order valence-corrected chi connectivity index (χ3v) is 7.86. The quantitative estimate of drug-likeness (QED) is 0.188. The number of aliphatic imine (C=N–C) groups is 1. The normalized spacial score (nSPS) is 15.3. The summed E-state index contributed by atoms with van der Waals surface area (Å²) >= 11 is 13.5. The van der Waals surface area contributed by atoms with Crippen molar-refractivity contribution in [1.82, 2.24) is 0 Å². The predicted octanol–water partition coefficient (Wildman–Crippen LogP) is 9.53. The average molecular weight is 582 g/mol. The molecule has 7 heteroatoms. The minimum Gasteiger partial charge on any atom is -0.488 e. The lowest BCUT2D eigenvalue weighted by Gasteiger charge is -2.16. The van der Waals surface area contributed by atoms with Gasteiger partial charge in [-0.2, -0.15) is 0 Å². The van der Waals surface area contributed by atoms with E-state index < -0.39 is 0 Å². The lowest BCUT2D eigenvalue weighted by molar-refractivity contribution is -0.113. The number of anilines is 1. The van der Waals surface area contributed by atoms with Crippen LogP contribution in [-0.4, -0.2) is 11.1 Å². The Morgan fingerprint density at radius 3 is 2.20 bits per heavy atom. The van der Waals surface area contributed by atoms with E-state index in [1.165, 1.54) is 11.8 Å². The van der Waals surface area contributed by atoms with Crippen LogP contribution in [0.1, 0.15) is 11.1 Å². The molecule has 1 saturated heterocycles. The molecule has 0 radical (unpaired) electrons. The minimum absolute atomic E-state index is 0.179. The van der Waals surface area contributed by atoms with Gasteiger partial charge in [-0.05, 0) is 88.8 Å². The SMILES string of the molecule is O=C1/C(=C/c2c(OCc3ccccc3)ccc3ccccc23)SC(=Nc2ccc(Cl)cc2)N1c1ccc(Cl)cc1. The molecule has 0 bridgehead atoms. The molecule has 1 amide bonds. The summed E-state index contributed by atoms with van der Waals surface area (Å²) in [7, 11) is 0. The van der Waals surface area contributed by atoms with Crippen molar-refractivity contribution in [2.75, 3.05) is 4.90 Å². The number of rotatable bonds is 6. The number of carbonyl (C=O) groups is 1. The van der Waals surface area contributed by atoms with Gasteiger partial charge in [-0.25, -0.2) is 4.99 Å². The second-order valence-electron chi connectivity index (χ2n) is 9.07. The summed E-state index contributed by atoms with van der Waals surface area (Å²) in [5.74, 6) is 0.520. The number of nitrogens with zero attached hydrogens (tertiary/aromatic N) is 2. The number of amidine groups is 1. The van der Waals surface area contributed by atoms with Gasteiger partial charge in [-0.1, -0.05) is 83.9 Å². The molecule has 0 aromatic heterocycles. The smallest absolute Gasteiger partial charge is 0.271 e. The van der Waals surface area contributed by atoms with Crippen LogP contribution in [-0.2, 0) is 11.4 Å². The van der Waals surface area contributed by atoms with E-state index in [0.717, 1.165) is 21.9 Å². The van der Waals surface area contributed by atoms with Crippen LogP contribution >= 0.6 is 35.0 Å². The molecule has 5 aromatic rings. The Balaban J connectivity index is 1.44. The van der Waals surface area contributed by atoms with Gasteiger partial charge in [0.25, 0.3) is 5.91 Å². The molecule has 40 heavy (non-hydrogen) atoms. The molecule has 5 aromatic carbocycles. The summed E-state index contributed by atoms with van der Waals surface area (Å²) in [5.41, 5.74) is 3.27. The van der Waals surface area contributed by atoms with Crippen LogP contribution in [0.5, 0.6) is 5.75 Å². The molecule has 4 nitrogen and oxygen atoms in total. The van der Waals surface area contributed by atoms with Crippen molar-refractivity contribution >= 4 is 74.3 Å². The predicted molar refractivity (Wildman–Crippen MR) is 168 cm³/mol. The van der Waals surface area contributed by atoms with Crippen LogP contribution in [0.4, 0.5) is 11.4 Å². The maximum atomic E-state index is 13.9. The van der Waals surface area contributed by atoms with Crippen LogP contribution in [0.15, 0.2) is 125 Å². The maximum absolute atomic E-state index is 13.9. The molecule has 0 N–H and O–H groups in total. The molecule has 1 heterocycles. The van der Waals surface area contributed by atoms with Gasteiger partial charge in [-0.3, -0.25) is 9.69 Å². The highest BCUT2D eigenvalue weighted by atomic mass is 35.5. The van der Waals surface area contributed by atoms with Gasteiger partial charge in [-0.15, -0.1) is 0 Å². The monoisotopic (exact) mass is 580 g/mol. The number of thioether (sulfide) groups is 1. The fraction of sp³-hybridized carbons (Fsp3) is 0.0303. The highest BCUT2D eigenvalue weighted by Crippen LogP contribution is 2.40. The number of benzene rings is 5. The van der Waals surface area contributed by atoms with Crippen molar-refractivity contribution in [1.29, 1.82) is 0 Å². The Morgan fingerprint density at radius 2 is 1.45 bits per heavy atom. The summed E-state index contributed by atoms with van der Waals surface area (Å²) in [5, 5.41) is 3.80. The molecule has 1 aliphatic heterocycles. The Morgan fingerprint density at radius 1 is 0.775 bits per heavy atom. The Bertz CT molecular complexity index is 1750. The van der Waals surface area contributed by atoms with Crippen LogP contribution in [0, 0.1) is 0 Å². The van der Waals surface area contributed by atoms with E-state index in [9.17, 15) is 4.79 Å². The fourth-order valence-electron chi connectivity index (χ4n) is 4.41. The van der Waals surface area contributed by atoms with Gasteiger partial charge in [0.1, 0.15) is 12.4 Å². The number of halogens is 2. The molecule has 0 spiro atoms. The highest BCUT2D eigenvalue weighted by molar-refractivity contribution is 8.19. The van der Waals surface area contributed by atoms with Gasteiger partial charge in [0, 0.05) is 15.6 Å². The van der Waals surface area contributed by atoms with Gasteiger partial charge in [0.2, 0.25) is 0 Å². The first-order valence-corrected chi connectivity index (χ1v) is 14.1. The first-order valence-electron chi connectivity index (χ1n) is 12.6. The largest absolute Gasteiger partial charge is 0.488 e. The fourth-order valence-corrected chi connectivity index (χ4v) is 5.64. The Kier molecular flexibility index (Phi) is 7.60. The van der Waals surface area contributed by atoms with Crippen molar-refractivity contribution < 1.29 is 9.53 Å². The summed E-state index contributed by atoms with van der Waals surface area (Å²) in [6, 6.07) is 36.4. The molecule has 0 unspecified atom stereocenters. The van der Waals surface area contributed by atoms with Crippen LogP contribution in [0.3, 0.4) is 0 Å². The molecular formula is C33H22Cl2N2O2S. The first-order chi connectivity index (χ1) is 19.5. The van der Waals surface area contributed by atoms with Gasteiger partial charge >= 0.3 is 0 Å². The minimum atomic E-state index is -0.179. The van der Waals surface area contributed by atoms with Crippen molar-refractivity contribution in [2.45, 2.75) is 6.61 Å². The van der Waals surface area contributed by atoms with E-state index in [0.29, 0.717) is 43.8 Å². The zero-order valence-electron chi connectivity index (χ0n) is 21.1. The second-order valence-corrected chi connectivity index (χ2v) is 11.0. The van der Waals surface area contributed by atoms with E-state index >= 15 is 0 Å². The maximum Gasteiger partial charge on any atom is 0.271 e. The third kappa shape index (κ3) is 5.63. The van der Waals surface area contributed by atoms with Crippen molar-refractivity contribution in [3.63, 3.8) is 0 Å². The zero-order valence-corrected chi connectivity index (χ0v) is 23.5. The van der Waals surface area contributed by atoms with Crippen molar-refractivity contribution in [2.24, 2.45) is 4.99 Å². The number of ether oxygens (including phenoxy) is 1. The Hall–Kier alpha value is -4.03. The standard InChI is InChI=1S/C33H22Cl2N2O2S/c34-24-11-15-26(16-12-24)36-33-37(27-17-13-25(35)14-18-27)32(38)31(40-33)20-29-28-9-5-4-8-23(28)10-19-30(29)39-21-22-6-2-1-3-7-22/h1-20H,21H2/b31-20-,36-33?. The zero-order chi connectivity index (χ0) is 27.5. The summed E-state index contributed by atoms with van der Waals surface area (Å²) < 4.78 is 6.30. The lowest BCUT2D eigenvalue weighted by atomic mass is 10.0. The number of carbonyl (C=O) groups excluding carboxylic acids is 1. The molecule has 6 rings (SSSR count). The van der Waals surface area contributed by atoms with Crippen LogP contribution in [0.2, 0.25) is 10.0 Å². The van der Waals surface area contributed by atoms with E-state index in [-0.39, 0.29) is 5.91 Å². The molecule has 0 aliphatic carbocycles. The van der Waals surface area contributed by atoms with Gasteiger partial charge in [0.05, 0.1) is 16.3 Å². The molecule has 0 saturated carbocycles. The number of fused-ring (bicyclic) bond motifs is 1. The number of amides is 1. The highest BCUT2D eigenvalue weighted by Gasteiger charge is 2.35. The van der Waals surface area contributed by atoms with Crippen molar-refractivity contribution in [3.05, 3.63) is 141 Å². The summed E-state index contributed by atoms with van der Waals surface area (Å²) in [4.78, 5) is 20.9. The Labute approximate surface area is 246 Å². The van der Waals surface area contributed by atoms with E-state index in [2.05, 4.69) is 6.07 Å². The van der Waals surface area contributed by atoms with Crippen LogP contribution in [0.25, 0.3) is 16.8 Å². The molecule has 0 atom stereocenters. The second kappa shape index (κ2) is 11.6. The van der Waals surface area contributed by atoms with Gasteiger partial charge < -0.3 is 4.74 Å². The third-order valence-electron chi connectivity index (χ3n) is 6.39. The first kappa shape index (κ1) is 26.2. The van der Waals surface area contributed by atoms with Gasteiger partial charge in [0.15, 0.2) is 5.17 Å². The number of hydrogen-bond acceptors (Lipinski definition) is 4. The molecule has 1 aliphatic rings. The molecule has 196 valence electrons.